The van der Waals surface area contributed by atoms with Gasteiger partial charge in [-0.3, -0.25) is 14.9 Å². The second-order valence-corrected chi connectivity index (χ2v) is 7.77. The molecule has 1 heterocycles. The molecule has 0 aliphatic heterocycles. The summed E-state index contributed by atoms with van der Waals surface area (Å²) in [5.41, 5.74) is 4.40. The third kappa shape index (κ3) is 4.19. The van der Waals surface area contributed by atoms with Crippen LogP contribution in [0.4, 0.5) is 9.80 Å². The normalized spacial score (nSPS) is 12.4. The predicted octanol–water partition coefficient (Wildman–Crippen LogP) is 3.53. The highest BCUT2D eigenvalue weighted by molar-refractivity contribution is 7.17. The zero-order valence-corrected chi connectivity index (χ0v) is 16.4. The van der Waals surface area contributed by atoms with E-state index in [1.165, 1.54) is 18.4 Å². The number of alkyl carbamates (subject to hydrolysis) is 1. The van der Waals surface area contributed by atoms with E-state index in [1.54, 1.807) is 0 Å². The zero-order valence-electron chi connectivity index (χ0n) is 15.6. The average molecular weight is 386 g/mol. The molecule has 3 rings (SSSR count). The number of imide groups is 1. The van der Waals surface area contributed by atoms with Gasteiger partial charge in [-0.2, -0.15) is 0 Å². The highest BCUT2D eigenvalue weighted by Gasteiger charge is 2.28. The molecule has 0 radical (unpaired) electrons. The fourth-order valence-electron chi connectivity index (χ4n) is 3.27. The van der Waals surface area contributed by atoms with Crippen LogP contribution >= 0.6 is 11.3 Å². The minimum absolute atomic E-state index is 0.184. The second-order valence-electron chi connectivity index (χ2n) is 6.66. The molecular weight excluding hydrogens is 364 g/mol. The molecule has 7 heteroatoms. The monoisotopic (exact) mass is 386 g/mol. The number of ether oxygens (including phenoxy) is 1. The van der Waals surface area contributed by atoms with Crippen molar-refractivity contribution in [2.75, 3.05) is 12.4 Å². The van der Waals surface area contributed by atoms with Crippen molar-refractivity contribution < 1.29 is 19.1 Å². The van der Waals surface area contributed by atoms with Crippen LogP contribution in [0, 0.1) is 13.8 Å². The fourth-order valence-corrected chi connectivity index (χ4v) is 4.58. The van der Waals surface area contributed by atoms with E-state index in [0.717, 1.165) is 46.4 Å². The third-order valence-electron chi connectivity index (χ3n) is 4.66. The maximum atomic E-state index is 12.6. The topological polar surface area (TPSA) is 84.5 Å². The number of nitrogens with one attached hydrogen (secondary N) is 2. The molecule has 0 fully saturated rings. The number of carbonyl (C=O) groups excluding carboxylic acids is 3. The number of hydrogen-bond acceptors (Lipinski definition) is 5. The maximum Gasteiger partial charge on any atom is 0.413 e. The van der Waals surface area contributed by atoms with Crippen LogP contribution in [0.15, 0.2) is 18.2 Å². The molecule has 1 aliphatic carbocycles. The van der Waals surface area contributed by atoms with E-state index < -0.39 is 12.0 Å². The Morgan fingerprint density at radius 1 is 1.19 bits per heavy atom. The first kappa shape index (κ1) is 19.1. The Bertz CT molecular complexity index is 917. The highest BCUT2D eigenvalue weighted by Crippen LogP contribution is 2.39. The average Bonchev–Trinajstić information content (AvgIpc) is 3.18. The number of thiophene rings is 1. The molecule has 27 heavy (non-hydrogen) atoms. The fraction of sp³-hybridized carbons (Fsp3) is 0.350. The largest absolute Gasteiger partial charge is 0.453 e. The van der Waals surface area contributed by atoms with E-state index >= 15 is 0 Å². The molecule has 1 aromatic heterocycles. The summed E-state index contributed by atoms with van der Waals surface area (Å²) in [6.07, 6.45) is 2.03. The number of benzene rings is 1. The summed E-state index contributed by atoms with van der Waals surface area (Å²) in [7, 11) is 1.20. The summed E-state index contributed by atoms with van der Waals surface area (Å²) in [5, 5.41) is 5.57. The molecule has 3 amide bonds. The SMILES string of the molecule is COC(=O)NC(=O)c1c(NC(=O)Cc2cc(C)ccc2C)sc2c1CCC2. The standard InChI is InChI=1S/C20H22N2O4S/c1-11-7-8-12(2)13(9-11)10-16(23)21-19-17(18(24)22-20(25)26-3)14-5-4-6-15(14)27-19/h7-9H,4-6,10H2,1-3H3,(H,21,23)(H,22,24,25). The molecule has 6 nitrogen and oxygen atoms in total. The molecule has 1 aromatic carbocycles. The summed E-state index contributed by atoms with van der Waals surface area (Å²) < 4.78 is 4.51. The molecule has 0 atom stereocenters. The van der Waals surface area contributed by atoms with Gasteiger partial charge in [-0.05, 0) is 49.8 Å². The van der Waals surface area contributed by atoms with Crippen LogP contribution in [0.5, 0.6) is 0 Å². The van der Waals surface area contributed by atoms with Gasteiger partial charge in [0.2, 0.25) is 5.91 Å². The van der Waals surface area contributed by atoms with Crippen LogP contribution in [0.1, 0.15) is 43.9 Å². The van der Waals surface area contributed by atoms with E-state index in [2.05, 4.69) is 15.4 Å². The zero-order chi connectivity index (χ0) is 19.6. The van der Waals surface area contributed by atoms with Crippen molar-refractivity contribution in [1.82, 2.24) is 5.32 Å². The number of aryl methyl sites for hydroxylation is 3. The number of hydrogen-bond donors (Lipinski definition) is 2. The summed E-state index contributed by atoms with van der Waals surface area (Å²) >= 11 is 1.41. The minimum atomic E-state index is -0.814. The van der Waals surface area contributed by atoms with Gasteiger partial charge < -0.3 is 10.1 Å². The van der Waals surface area contributed by atoms with Gasteiger partial charge in [-0.15, -0.1) is 11.3 Å². The van der Waals surface area contributed by atoms with Crippen molar-refractivity contribution in [2.24, 2.45) is 0 Å². The number of anilines is 1. The van der Waals surface area contributed by atoms with E-state index in [9.17, 15) is 14.4 Å². The van der Waals surface area contributed by atoms with E-state index in [4.69, 9.17) is 0 Å². The van der Waals surface area contributed by atoms with Crippen LogP contribution in [0.2, 0.25) is 0 Å². The van der Waals surface area contributed by atoms with Gasteiger partial charge in [-0.1, -0.05) is 23.8 Å². The molecule has 2 aromatic rings. The Labute approximate surface area is 161 Å². The van der Waals surface area contributed by atoms with Crippen molar-refractivity contribution in [3.8, 4) is 0 Å². The molecule has 0 bridgehead atoms. The lowest BCUT2D eigenvalue weighted by Crippen LogP contribution is -2.31. The highest BCUT2D eigenvalue weighted by atomic mass is 32.1. The minimum Gasteiger partial charge on any atom is -0.453 e. The van der Waals surface area contributed by atoms with Crippen molar-refractivity contribution in [1.29, 1.82) is 0 Å². The van der Waals surface area contributed by atoms with Gasteiger partial charge in [0.05, 0.1) is 19.1 Å². The van der Waals surface area contributed by atoms with E-state index in [1.807, 2.05) is 32.0 Å². The second kappa shape index (κ2) is 7.92. The number of rotatable bonds is 4. The van der Waals surface area contributed by atoms with Crippen molar-refractivity contribution in [2.45, 2.75) is 39.5 Å². The molecule has 1 aliphatic rings. The number of amides is 3. The molecule has 0 saturated heterocycles. The van der Waals surface area contributed by atoms with Crippen molar-refractivity contribution >= 4 is 34.2 Å². The smallest absolute Gasteiger partial charge is 0.413 e. The Balaban J connectivity index is 1.82. The van der Waals surface area contributed by atoms with Crippen LogP contribution in [0.25, 0.3) is 0 Å². The number of fused-ring (bicyclic) bond motifs is 1. The van der Waals surface area contributed by atoms with E-state index in [-0.39, 0.29) is 12.3 Å². The first-order chi connectivity index (χ1) is 12.9. The van der Waals surface area contributed by atoms with Crippen LogP contribution in [-0.2, 0) is 28.8 Å². The molecular formula is C20H22N2O4S. The molecule has 0 spiro atoms. The molecule has 0 unspecified atom stereocenters. The molecule has 2 N–H and O–H groups in total. The van der Waals surface area contributed by atoms with Crippen LogP contribution in [0.3, 0.4) is 0 Å². The van der Waals surface area contributed by atoms with Crippen LogP contribution in [-0.4, -0.2) is 25.0 Å². The lowest BCUT2D eigenvalue weighted by Gasteiger charge is -2.10. The van der Waals surface area contributed by atoms with Gasteiger partial charge in [0, 0.05) is 4.88 Å². The van der Waals surface area contributed by atoms with Gasteiger partial charge in [-0.25, -0.2) is 4.79 Å². The Morgan fingerprint density at radius 3 is 2.70 bits per heavy atom. The lowest BCUT2D eigenvalue weighted by atomic mass is 10.0. The first-order valence-corrected chi connectivity index (χ1v) is 9.60. The maximum absolute atomic E-state index is 12.6. The van der Waals surface area contributed by atoms with Gasteiger partial charge in [0.1, 0.15) is 5.00 Å². The van der Waals surface area contributed by atoms with Gasteiger partial charge >= 0.3 is 6.09 Å². The summed E-state index contributed by atoms with van der Waals surface area (Å²) in [6, 6.07) is 6.00. The third-order valence-corrected chi connectivity index (χ3v) is 5.87. The number of carbonyl (C=O) groups is 3. The predicted molar refractivity (Wildman–Crippen MR) is 104 cm³/mol. The first-order valence-electron chi connectivity index (χ1n) is 8.79. The Morgan fingerprint density at radius 2 is 1.96 bits per heavy atom. The lowest BCUT2D eigenvalue weighted by molar-refractivity contribution is -0.115. The Hall–Kier alpha value is -2.67. The molecule has 0 saturated carbocycles. The van der Waals surface area contributed by atoms with Gasteiger partial charge in [0.15, 0.2) is 0 Å². The van der Waals surface area contributed by atoms with E-state index in [0.29, 0.717) is 10.6 Å². The number of methoxy groups -OCH3 is 1. The van der Waals surface area contributed by atoms with Crippen LogP contribution < -0.4 is 10.6 Å². The quantitative estimate of drug-likeness (QED) is 0.842. The summed E-state index contributed by atoms with van der Waals surface area (Å²) in [4.78, 5) is 37.6. The van der Waals surface area contributed by atoms with Crippen molar-refractivity contribution in [3.05, 3.63) is 50.9 Å². The summed E-state index contributed by atoms with van der Waals surface area (Å²) in [5.74, 6) is -0.723. The van der Waals surface area contributed by atoms with Crippen molar-refractivity contribution in [3.63, 3.8) is 0 Å². The van der Waals surface area contributed by atoms with Gasteiger partial charge in [0.25, 0.3) is 5.91 Å². The summed E-state index contributed by atoms with van der Waals surface area (Å²) in [6.45, 7) is 3.96. The molecule has 142 valence electrons. The Kier molecular flexibility index (Phi) is 5.60.